The minimum absolute atomic E-state index is 0.137. The number of anilines is 3. The molecule has 0 spiro atoms. The molecule has 2 rings (SSSR count). The minimum Gasteiger partial charge on any atom is -0.352 e. The van der Waals surface area contributed by atoms with Gasteiger partial charge in [-0.15, -0.1) is 0 Å². The summed E-state index contributed by atoms with van der Waals surface area (Å²) in [5.41, 5.74) is -5.61. The van der Waals surface area contributed by atoms with Gasteiger partial charge >= 0.3 is 18.5 Å². The van der Waals surface area contributed by atoms with Gasteiger partial charge in [-0.1, -0.05) is 0 Å². The van der Waals surface area contributed by atoms with Crippen LogP contribution in [0.1, 0.15) is 30.7 Å². The van der Waals surface area contributed by atoms with Gasteiger partial charge in [0.2, 0.25) is 5.95 Å². The first-order valence-corrected chi connectivity index (χ1v) is 7.85. The molecule has 13 heteroatoms. The molecule has 0 atom stereocenters. The van der Waals surface area contributed by atoms with Crippen LogP contribution >= 0.6 is 0 Å². The van der Waals surface area contributed by atoms with E-state index in [-0.39, 0.29) is 6.07 Å². The largest absolute Gasteiger partial charge is 0.433 e. The molecule has 2 N–H and O–H groups in total. The van der Waals surface area contributed by atoms with Crippen molar-refractivity contribution in [2.75, 3.05) is 10.6 Å². The van der Waals surface area contributed by atoms with E-state index >= 15 is 0 Å². The highest BCUT2D eigenvalue weighted by molar-refractivity contribution is 5.63. The zero-order valence-corrected chi connectivity index (χ0v) is 14.7. The third-order valence-corrected chi connectivity index (χ3v) is 3.35. The van der Waals surface area contributed by atoms with Crippen molar-refractivity contribution < 1.29 is 39.5 Å². The predicted octanol–water partition coefficient (Wildman–Crippen LogP) is 6.10. The molecule has 4 nitrogen and oxygen atoms in total. The second kappa shape index (κ2) is 7.59. The fraction of sp³-hybridized carbons (Fsp3) is 0.375. The lowest BCUT2D eigenvalue weighted by Gasteiger charge is -2.18. The van der Waals surface area contributed by atoms with Crippen molar-refractivity contribution in [1.82, 2.24) is 9.97 Å². The monoisotopic (exact) mass is 432 g/mol. The number of nitrogens with zero attached hydrogens (tertiary/aromatic N) is 2. The van der Waals surface area contributed by atoms with Crippen molar-refractivity contribution in [3.05, 3.63) is 41.1 Å². The fourth-order valence-corrected chi connectivity index (χ4v) is 2.18. The van der Waals surface area contributed by atoms with Crippen LogP contribution in [-0.4, -0.2) is 16.0 Å². The highest BCUT2D eigenvalue weighted by Crippen LogP contribution is 2.40. The quantitative estimate of drug-likeness (QED) is 0.574. The van der Waals surface area contributed by atoms with Crippen LogP contribution in [0.5, 0.6) is 0 Å². The van der Waals surface area contributed by atoms with Crippen molar-refractivity contribution in [3.8, 4) is 0 Å². The summed E-state index contributed by atoms with van der Waals surface area (Å²) >= 11 is 0. The van der Waals surface area contributed by atoms with Crippen LogP contribution < -0.4 is 10.6 Å². The van der Waals surface area contributed by atoms with E-state index in [1.165, 1.54) is 0 Å². The lowest BCUT2D eigenvalue weighted by atomic mass is 10.1. The normalized spacial score (nSPS) is 13.0. The number of aromatic nitrogens is 2. The van der Waals surface area contributed by atoms with E-state index in [4.69, 9.17) is 0 Å². The maximum absolute atomic E-state index is 13.2. The fourth-order valence-electron chi connectivity index (χ4n) is 2.18. The Morgan fingerprint density at radius 1 is 0.793 bits per heavy atom. The third-order valence-electron chi connectivity index (χ3n) is 3.35. The first-order chi connectivity index (χ1) is 13.1. The van der Waals surface area contributed by atoms with Gasteiger partial charge in [0, 0.05) is 12.1 Å². The summed E-state index contributed by atoms with van der Waals surface area (Å²) in [6.45, 7) is 3.13. The highest BCUT2D eigenvalue weighted by Gasteiger charge is 2.39. The summed E-state index contributed by atoms with van der Waals surface area (Å²) < 4.78 is 117. The van der Waals surface area contributed by atoms with E-state index in [0.717, 1.165) is 0 Å². The van der Waals surface area contributed by atoms with E-state index in [0.29, 0.717) is 18.2 Å². The van der Waals surface area contributed by atoms with Crippen LogP contribution in [0.25, 0.3) is 0 Å². The Balaban J connectivity index is 2.55. The first-order valence-electron chi connectivity index (χ1n) is 7.85. The van der Waals surface area contributed by atoms with Gasteiger partial charge in [0.15, 0.2) is 5.69 Å². The molecular weight excluding hydrogens is 419 g/mol. The van der Waals surface area contributed by atoms with Crippen LogP contribution in [0.2, 0.25) is 0 Å². The second-order valence-corrected chi connectivity index (χ2v) is 6.14. The zero-order chi connectivity index (χ0) is 22.2. The van der Waals surface area contributed by atoms with Crippen LogP contribution in [0.4, 0.5) is 57.0 Å². The van der Waals surface area contributed by atoms with E-state index in [1.807, 2.05) is 5.32 Å². The molecule has 1 aromatic carbocycles. The van der Waals surface area contributed by atoms with Crippen LogP contribution in [-0.2, 0) is 18.5 Å². The Morgan fingerprint density at radius 3 is 1.90 bits per heavy atom. The number of alkyl halides is 9. The van der Waals surface area contributed by atoms with Crippen LogP contribution in [0.15, 0.2) is 24.3 Å². The molecule has 0 saturated heterocycles. The number of hydrogen-bond donors (Lipinski definition) is 2. The van der Waals surface area contributed by atoms with Gasteiger partial charge in [-0.2, -0.15) is 44.5 Å². The molecule has 0 saturated carbocycles. The summed E-state index contributed by atoms with van der Waals surface area (Å²) in [5.74, 6) is -1.20. The lowest BCUT2D eigenvalue weighted by Crippen LogP contribution is -2.17. The van der Waals surface area contributed by atoms with Crippen molar-refractivity contribution in [2.45, 2.75) is 38.4 Å². The molecule has 0 aliphatic carbocycles. The topological polar surface area (TPSA) is 49.8 Å². The average molecular weight is 432 g/mol. The maximum atomic E-state index is 13.2. The van der Waals surface area contributed by atoms with Crippen molar-refractivity contribution >= 4 is 17.5 Å². The minimum atomic E-state index is -5.21. The van der Waals surface area contributed by atoms with Gasteiger partial charge < -0.3 is 10.6 Å². The third kappa shape index (κ3) is 5.87. The van der Waals surface area contributed by atoms with Crippen LogP contribution in [0, 0.1) is 0 Å². The molecule has 0 aliphatic heterocycles. The second-order valence-electron chi connectivity index (χ2n) is 6.14. The summed E-state index contributed by atoms with van der Waals surface area (Å²) in [7, 11) is 0. The van der Waals surface area contributed by atoms with E-state index in [2.05, 4.69) is 15.3 Å². The molecule has 0 radical (unpaired) electrons. The molecule has 29 heavy (non-hydrogen) atoms. The summed E-state index contributed by atoms with van der Waals surface area (Å²) in [5, 5.41) is 4.49. The molecule has 0 aliphatic rings. The molecule has 1 aromatic heterocycles. The number of rotatable bonds is 4. The summed E-state index contributed by atoms with van der Waals surface area (Å²) in [6.07, 6.45) is -15.2. The predicted molar refractivity (Wildman–Crippen MR) is 85.5 cm³/mol. The lowest BCUT2D eigenvalue weighted by molar-refractivity contribution is -0.143. The molecule has 0 unspecified atom stereocenters. The maximum Gasteiger partial charge on any atom is 0.433 e. The molecule has 0 bridgehead atoms. The van der Waals surface area contributed by atoms with Gasteiger partial charge in [0.25, 0.3) is 0 Å². The summed E-state index contributed by atoms with van der Waals surface area (Å²) in [6, 6.07) is 0.654. The number of benzene rings is 1. The Kier molecular flexibility index (Phi) is 5.91. The van der Waals surface area contributed by atoms with Gasteiger partial charge in [-0.05, 0) is 32.0 Å². The van der Waals surface area contributed by atoms with Crippen molar-refractivity contribution in [1.29, 1.82) is 0 Å². The Labute approximate surface area is 158 Å². The van der Waals surface area contributed by atoms with Gasteiger partial charge in [-0.25, -0.2) is 4.98 Å². The van der Waals surface area contributed by atoms with Crippen LogP contribution in [0.3, 0.4) is 0 Å². The average Bonchev–Trinajstić information content (AvgIpc) is 2.51. The molecular formula is C16H13F9N4. The van der Waals surface area contributed by atoms with Crippen molar-refractivity contribution in [3.63, 3.8) is 0 Å². The molecule has 0 amide bonds. The molecule has 0 fully saturated rings. The Morgan fingerprint density at radius 2 is 1.41 bits per heavy atom. The standard InChI is InChI=1S/C16H13F9N4/c1-7(2)26-13-28-11(16(23,24)25)6-12(29-13)27-10-4-3-8(14(17,18)19)5-9(10)15(20,21)22/h3-7H,1-2H3,(H2,26,27,28,29). The van der Waals surface area contributed by atoms with Gasteiger partial charge in [0.05, 0.1) is 16.8 Å². The molecule has 2 aromatic rings. The first kappa shape index (κ1) is 22.6. The molecule has 160 valence electrons. The number of halogens is 9. The van der Waals surface area contributed by atoms with Gasteiger partial charge in [-0.3, -0.25) is 0 Å². The highest BCUT2D eigenvalue weighted by atomic mass is 19.4. The summed E-state index contributed by atoms with van der Waals surface area (Å²) in [4.78, 5) is 6.90. The zero-order valence-electron chi connectivity index (χ0n) is 14.7. The Bertz CT molecular complexity index is 870. The van der Waals surface area contributed by atoms with E-state index < -0.39 is 58.8 Å². The molecule has 1 heterocycles. The van der Waals surface area contributed by atoms with E-state index in [1.54, 1.807) is 13.8 Å². The van der Waals surface area contributed by atoms with Gasteiger partial charge in [0.1, 0.15) is 5.82 Å². The number of hydrogen-bond acceptors (Lipinski definition) is 4. The Hall–Kier alpha value is -2.73. The smallest absolute Gasteiger partial charge is 0.352 e. The SMILES string of the molecule is CC(C)Nc1nc(Nc2ccc(C(F)(F)F)cc2C(F)(F)F)cc(C(F)(F)F)n1. The van der Waals surface area contributed by atoms with E-state index in [9.17, 15) is 39.5 Å². The van der Waals surface area contributed by atoms with Crippen molar-refractivity contribution in [2.24, 2.45) is 0 Å². The number of nitrogens with one attached hydrogen (secondary N) is 2.